The second-order valence-electron chi connectivity index (χ2n) is 4.44. The van der Waals surface area contributed by atoms with Gasteiger partial charge in [0.2, 0.25) is 0 Å². The molecule has 0 bridgehead atoms. The highest BCUT2D eigenvalue weighted by atomic mass is 19.4. The topological polar surface area (TPSA) is 82.2 Å². The molecule has 0 aliphatic rings. The Kier molecular flexibility index (Phi) is 3.98. The number of anilines is 1. The van der Waals surface area contributed by atoms with Crippen LogP contribution in [0.15, 0.2) is 24.3 Å². The fourth-order valence-corrected chi connectivity index (χ4v) is 1.99. The van der Waals surface area contributed by atoms with Crippen LogP contribution in [0.4, 0.5) is 23.7 Å². The maximum Gasteiger partial charge on any atom is 0.435 e. The van der Waals surface area contributed by atoms with Gasteiger partial charge in [0.05, 0.1) is 12.8 Å². The maximum atomic E-state index is 12.8. The third-order valence-corrected chi connectivity index (χ3v) is 2.91. The predicted octanol–water partition coefficient (Wildman–Crippen LogP) is 2.61. The van der Waals surface area contributed by atoms with Crippen molar-refractivity contribution in [1.82, 2.24) is 9.78 Å². The Bertz CT molecular complexity index is 710. The molecule has 2 rings (SSSR count). The smallest absolute Gasteiger partial charge is 0.435 e. The number of primary amides is 1. The van der Waals surface area contributed by atoms with Crippen molar-refractivity contribution < 1.29 is 22.7 Å². The molecule has 9 heteroatoms. The maximum absolute atomic E-state index is 12.8. The van der Waals surface area contributed by atoms with E-state index in [2.05, 4.69) is 10.4 Å². The molecular weight excluding hydrogens is 301 g/mol. The Hall–Kier alpha value is -2.71. The quantitative estimate of drug-likeness (QED) is 0.913. The number of alkyl halides is 3. The first-order chi connectivity index (χ1) is 10.2. The zero-order valence-corrected chi connectivity index (χ0v) is 11.7. The minimum atomic E-state index is -4.55. The van der Waals surface area contributed by atoms with E-state index in [0.29, 0.717) is 17.0 Å². The molecule has 6 nitrogen and oxygen atoms in total. The second kappa shape index (κ2) is 5.58. The molecule has 0 radical (unpaired) electrons. The van der Waals surface area contributed by atoms with Gasteiger partial charge in [0.1, 0.15) is 5.75 Å². The number of nitrogens with zero attached hydrogens (tertiary/aromatic N) is 2. The molecular formula is C13H13F3N4O2. The lowest BCUT2D eigenvalue weighted by Gasteiger charge is -2.11. The van der Waals surface area contributed by atoms with Gasteiger partial charge in [0.25, 0.3) is 0 Å². The normalized spacial score (nSPS) is 11.3. The Morgan fingerprint density at radius 2 is 2.05 bits per heavy atom. The highest BCUT2D eigenvalue weighted by Gasteiger charge is 2.35. The van der Waals surface area contributed by atoms with E-state index < -0.39 is 17.9 Å². The fraction of sp³-hybridized carbons (Fsp3) is 0.231. The number of urea groups is 1. The number of aryl methyl sites for hydroxylation is 1. The lowest BCUT2D eigenvalue weighted by atomic mass is 10.1. The van der Waals surface area contributed by atoms with Gasteiger partial charge in [0.15, 0.2) is 5.69 Å². The van der Waals surface area contributed by atoms with Crippen LogP contribution in [0.5, 0.6) is 5.75 Å². The lowest BCUT2D eigenvalue weighted by Crippen LogP contribution is -2.19. The van der Waals surface area contributed by atoms with Crippen molar-refractivity contribution in [3.63, 3.8) is 0 Å². The van der Waals surface area contributed by atoms with Gasteiger partial charge >= 0.3 is 12.2 Å². The van der Waals surface area contributed by atoms with Gasteiger partial charge in [-0.3, -0.25) is 4.68 Å². The molecule has 2 aromatic rings. The Labute approximate surface area is 123 Å². The van der Waals surface area contributed by atoms with Gasteiger partial charge in [-0.05, 0) is 24.3 Å². The first kappa shape index (κ1) is 15.7. The molecule has 0 fully saturated rings. The number of hydrogen-bond donors (Lipinski definition) is 2. The third-order valence-electron chi connectivity index (χ3n) is 2.91. The first-order valence-corrected chi connectivity index (χ1v) is 6.08. The van der Waals surface area contributed by atoms with Gasteiger partial charge in [-0.25, -0.2) is 4.79 Å². The van der Waals surface area contributed by atoms with Crippen LogP contribution in [-0.4, -0.2) is 22.9 Å². The number of carbonyl (C=O) groups excluding carboxylic acids is 1. The predicted molar refractivity (Wildman–Crippen MR) is 73.4 cm³/mol. The Balaban J connectivity index is 2.55. The number of rotatable bonds is 3. The van der Waals surface area contributed by atoms with Gasteiger partial charge in [-0.2, -0.15) is 18.3 Å². The van der Waals surface area contributed by atoms with Crippen molar-refractivity contribution in [2.24, 2.45) is 12.8 Å². The van der Waals surface area contributed by atoms with Crippen molar-refractivity contribution in [2.45, 2.75) is 6.18 Å². The molecule has 0 spiro atoms. The Morgan fingerprint density at radius 1 is 1.36 bits per heavy atom. The third kappa shape index (κ3) is 3.13. The van der Waals surface area contributed by atoms with E-state index in [4.69, 9.17) is 10.5 Å². The van der Waals surface area contributed by atoms with E-state index in [1.54, 1.807) is 0 Å². The zero-order chi connectivity index (χ0) is 16.5. The van der Waals surface area contributed by atoms with E-state index in [9.17, 15) is 18.0 Å². The van der Waals surface area contributed by atoms with E-state index in [1.807, 2.05) is 0 Å². The van der Waals surface area contributed by atoms with Crippen molar-refractivity contribution in [2.75, 3.05) is 12.4 Å². The van der Waals surface area contributed by atoms with Crippen LogP contribution < -0.4 is 15.8 Å². The summed E-state index contributed by atoms with van der Waals surface area (Å²) in [5, 5.41) is 5.80. The summed E-state index contributed by atoms with van der Waals surface area (Å²) >= 11 is 0. The number of hydrogen-bond acceptors (Lipinski definition) is 3. The molecule has 0 atom stereocenters. The standard InChI is InChI=1S/C13H13F3N4O2/c1-20-9(6-11(19-20)13(14,15)16)8-5-7(18-12(17)21)3-4-10(8)22-2/h3-6H,1-2H3,(H3,17,18,21). The average molecular weight is 314 g/mol. The number of carbonyl (C=O) groups is 1. The molecule has 1 heterocycles. The van der Waals surface area contributed by atoms with E-state index in [0.717, 1.165) is 10.7 Å². The van der Waals surface area contributed by atoms with Crippen LogP contribution in [0.2, 0.25) is 0 Å². The molecule has 0 saturated carbocycles. The molecule has 1 aromatic heterocycles. The number of amides is 2. The summed E-state index contributed by atoms with van der Waals surface area (Å²) in [5.74, 6) is 0.340. The van der Waals surface area contributed by atoms with E-state index in [-0.39, 0.29) is 5.69 Å². The molecule has 22 heavy (non-hydrogen) atoms. The lowest BCUT2D eigenvalue weighted by molar-refractivity contribution is -0.141. The van der Waals surface area contributed by atoms with Crippen LogP contribution in [0.25, 0.3) is 11.3 Å². The first-order valence-electron chi connectivity index (χ1n) is 6.08. The number of nitrogens with two attached hydrogens (primary N) is 1. The molecule has 0 saturated heterocycles. The molecule has 0 unspecified atom stereocenters. The minimum Gasteiger partial charge on any atom is -0.496 e. The molecule has 0 aliphatic heterocycles. The van der Waals surface area contributed by atoms with Gasteiger partial charge in [-0.15, -0.1) is 0 Å². The van der Waals surface area contributed by atoms with E-state index in [1.165, 1.54) is 32.4 Å². The van der Waals surface area contributed by atoms with Crippen LogP contribution in [0, 0.1) is 0 Å². The average Bonchev–Trinajstić information content (AvgIpc) is 2.80. The summed E-state index contributed by atoms with van der Waals surface area (Å²) in [4.78, 5) is 10.9. The van der Waals surface area contributed by atoms with Crippen molar-refractivity contribution in [1.29, 1.82) is 0 Å². The van der Waals surface area contributed by atoms with Gasteiger partial charge in [-0.1, -0.05) is 0 Å². The number of benzene rings is 1. The summed E-state index contributed by atoms with van der Waals surface area (Å²) in [6, 6.07) is 4.62. The van der Waals surface area contributed by atoms with Crippen LogP contribution in [0.3, 0.4) is 0 Å². The number of ether oxygens (including phenoxy) is 1. The zero-order valence-electron chi connectivity index (χ0n) is 11.7. The molecule has 118 valence electrons. The van der Waals surface area contributed by atoms with E-state index >= 15 is 0 Å². The van der Waals surface area contributed by atoms with Gasteiger partial charge < -0.3 is 15.8 Å². The number of nitrogens with one attached hydrogen (secondary N) is 1. The summed E-state index contributed by atoms with van der Waals surface area (Å²) in [6.45, 7) is 0. The minimum absolute atomic E-state index is 0.192. The summed E-state index contributed by atoms with van der Waals surface area (Å²) in [5.41, 5.74) is 4.88. The molecule has 3 N–H and O–H groups in total. The number of halogens is 3. The van der Waals surface area contributed by atoms with Gasteiger partial charge in [0, 0.05) is 18.3 Å². The SMILES string of the molecule is COc1ccc(NC(N)=O)cc1-c1cc(C(F)(F)F)nn1C. The number of methoxy groups -OCH3 is 1. The highest BCUT2D eigenvalue weighted by molar-refractivity contribution is 5.89. The second-order valence-corrected chi connectivity index (χ2v) is 4.44. The van der Waals surface area contributed by atoms with Crippen LogP contribution in [-0.2, 0) is 13.2 Å². The summed E-state index contributed by atoms with van der Waals surface area (Å²) in [7, 11) is 2.78. The Morgan fingerprint density at radius 3 is 2.55 bits per heavy atom. The molecule has 2 amide bonds. The van der Waals surface area contributed by atoms with Crippen molar-refractivity contribution in [3.05, 3.63) is 30.0 Å². The number of aromatic nitrogens is 2. The molecule has 0 aliphatic carbocycles. The fourth-order valence-electron chi connectivity index (χ4n) is 1.99. The van der Waals surface area contributed by atoms with Crippen LogP contribution >= 0.6 is 0 Å². The van der Waals surface area contributed by atoms with Crippen molar-refractivity contribution in [3.8, 4) is 17.0 Å². The van der Waals surface area contributed by atoms with Crippen LogP contribution in [0.1, 0.15) is 5.69 Å². The summed E-state index contributed by atoms with van der Waals surface area (Å²) in [6.07, 6.45) is -4.55. The molecule has 1 aromatic carbocycles. The largest absolute Gasteiger partial charge is 0.496 e. The highest BCUT2D eigenvalue weighted by Crippen LogP contribution is 2.36. The monoisotopic (exact) mass is 314 g/mol. The summed E-state index contributed by atoms with van der Waals surface area (Å²) < 4.78 is 44.5. The van der Waals surface area contributed by atoms with Crippen molar-refractivity contribution >= 4 is 11.7 Å².